The molecule has 0 amide bonds. The van der Waals surface area contributed by atoms with E-state index in [1.54, 1.807) is 0 Å². The summed E-state index contributed by atoms with van der Waals surface area (Å²) in [5.41, 5.74) is 9.96. The normalized spacial score (nSPS) is 13.7. The number of pyridine rings is 1. The Morgan fingerprint density at radius 1 is 0.742 bits per heavy atom. The smallest absolute Gasteiger partial charge is 0.274 e. The summed E-state index contributed by atoms with van der Waals surface area (Å²) in [6.07, 6.45) is 4.25. The third-order valence-electron chi connectivity index (χ3n) is 6.83. The van der Waals surface area contributed by atoms with E-state index < -0.39 is 0 Å². The summed E-state index contributed by atoms with van der Waals surface area (Å²) < 4.78 is 1.92. The zero-order valence-corrected chi connectivity index (χ0v) is 17.4. The van der Waals surface area contributed by atoms with Crippen molar-refractivity contribution in [3.05, 3.63) is 100.0 Å². The van der Waals surface area contributed by atoms with Crippen molar-refractivity contribution < 1.29 is 0 Å². The first-order valence-electron chi connectivity index (χ1n) is 11.0. The Morgan fingerprint density at radius 2 is 1.45 bits per heavy atom. The number of nitrogens with zero attached hydrogens (tertiary/aromatic N) is 1. The SMILES string of the molecule is Nc1cc2c(n(Cc3cccc4c3ccc3c5ccccc5ccc43)c1=O)CCCC2. The zero-order chi connectivity index (χ0) is 20.9. The lowest BCUT2D eigenvalue weighted by atomic mass is 9.93. The highest BCUT2D eigenvalue weighted by Crippen LogP contribution is 2.33. The zero-order valence-electron chi connectivity index (χ0n) is 17.4. The molecule has 152 valence electrons. The fourth-order valence-corrected chi connectivity index (χ4v) is 5.30. The second kappa shape index (κ2) is 6.98. The van der Waals surface area contributed by atoms with Crippen molar-refractivity contribution in [2.24, 2.45) is 0 Å². The third kappa shape index (κ3) is 2.84. The minimum absolute atomic E-state index is 0.0653. The molecule has 6 rings (SSSR count). The van der Waals surface area contributed by atoms with Gasteiger partial charge in [-0.05, 0) is 75.2 Å². The van der Waals surface area contributed by atoms with Crippen LogP contribution in [0, 0.1) is 0 Å². The molecule has 3 heteroatoms. The standard InChI is InChI=1S/C28H24N2O/c29-26-16-19-7-2-4-11-27(19)30(28(26)31)17-20-8-5-10-23-22(20)14-15-24-21-9-3-1-6-18(21)12-13-25(23)24/h1,3,5-6,8-10,12-16H,2,4,7,11,17,29H2. The van der Waals surface area contributed by atoms with E-state index in [9.17, 15) is 4.79 Å². The maximum atomic E-state index is 13.0. The predicted octanol–water partition coefficient (Wildman–Crippen LogP) is 5.82. The van der Waals surface area contributed by atoms with E-state index in [2.05, 4.69) is 66.7 Å². The van der Waals surface area contributed by atoms with Crippen LogP contribution in [0.15, 0.2) is 77.6 Å². The number of aryl methyl sites for hydroxylation is 1. The van der Waals surface area contributed by atoms with Crippen molar-refractivity contribution in [3.8, 4) is 0 Å². The van der Waals surface area contributed by atoms with Gasteiger partial charge in [0.2, 0.25) is 0 Å². The molecule has 31 heavy (non-hydrogen) atoms. The van der Waals surface area contributed by atoms with Gasteiger partial charge in [0.25, 0.3) is 5.56 Å². The molecule has 3 nitrogen and oxygen atoms in total. The largest absolute Gasteiger partial charge is 0.394 e. The van der Waals surface area contributed by atoms with Gasteiger partial charge in [0, 0.05) is 5.69 Å². The highest BCUT2D eigenvalue weighted by atomic mass is 16.1. The lowest BCUT2D eigenvalue weighted by Gasteiger charge is -2.22. The molecular weight excluding hydrogens is 380 g/mol. The molecule has 5 aromatic rings. The summed E-state index contributed by atoms with van der Waals surface area (Å²) in [5.74, 6) is 0. The van der Waals surface area contributed by atoms with Crippen molar-refractivity contribution in [3.63, 3.8) is 0 Å². The Balaban J connectivity index is 1.57. The molecular formula is C28H24N2O. The molecule has 0 saturated heterocycles. The van der Waals surface area contributed by atoms with E-state index >= 15 is 0 Å². The molecule has 0 saturated carbocycles. The lowest BCUT2D eigenvalue weighted by molar-refractivity contribution is 0.604. The Labute approximate surface area is 180 Å². The van der Waals surface area contributed by atoms with Gasteiger partial charge in [0.1, 0.15) is 0 Å². The number of aromatic nitrogens is 1. The average molecular weight is 405 g/mol. The molecule has 1 aliphatic rings. The van der Waals surface area contributed by atoms with Crippen LogP contribution in [-0.4, -0.2) is 4.57 Å². The lowest BCUT2D eigenvalue weighted by Crippen LogP contribution is -2.29. The first-order chi connectivity index (χ1) is 15.2. The van der Waals surface area contributed by atoms with Crippen molar-refractivity contribution in [2.75, 3.05) is 5.73 Å². The van der Waals surface area contributed by atoms with Gasteiger partial charge in [0.15, 0.2) is 0 Å². The van der Waals surface area contributed by atoms with E-state index in [-0.39, 0.29) is 5.56 Å². The number of anilines is 1. The van der Waals surface area contributed by atoms with Crippen molar-refractivity contribution in [1.29, 1.82) is 0 Å². The number of benzene rings is 4. The summed E-state index contributed by atoms with van der Waals surface area (Å²) in [6.45, 7) is 0.558. The van der Waals surface area contributed by atoms with Crippen LogP contribution in [0.2, 0.25) is 0 Å². The summed E-state index contributed by atoms with van der Waals surface area (Å²) in [4.78, 5) is 13.0. The van der Waals surface area contributed by atoms with Crippen molar-refractivity contribution in [2.45, 2.75) is 32.2 Å². The van der Waals surface area contributed by atoms with Crippen molar-refractivity contribution in [1.82, 2.24) is 4.57 Å². The van der Waals surface area contributed by atoms with Gasteiger partial charge in [-0.2, -0.15) is 0 Å². The third-order valence-corrected chi connectivity index (χ3v) is 6.83. The summed E-state index contributed by atoms with van der Waals surface area (Å²) >= 11 is 0. The van der Waals surface area contributed by atoms with E-state index in [4.69, 9.17) is 5.73 Å². The summed E-state index contributed by atoms with van der Waals surface area (Å²) in [7, 11) is 0. The van der Waals surface area contributed by atoms with Crippen LogP contribution in [-0.2, 0) is 19.4 Å². The van der Waals surface area contributed by atoms with Crippen LogP contribution in [0.5, 0.6) is 0 Å². The van der Waals surface area contributed by atoms with Crippen LogP contribution in [0.1, 0.15) is 29.7 Å². The fraction of sp³-hybridized carbons (Fsp3) is 0.179. The molecule has 0 unspecified atom stereocenters. The predicted molar refractivity (Wildman–Crippen MR) is 130 cm³/mol. The molecule has 1 heterocycles. The number of rotatable bonds is 2. The molecule has 1 aliphatic carbocycles. The topological polar surface area (TPSA) is 48.0 Å². The second-order valence-corrected chi connectivity index (χ2v) is 8.63. The van der Waals surface area contributed by atoms with E-state index in [0.717, 1.165) is 30.5 Å². The number of nitrogens with two attached hydrogens (primary N) is 1. The maximum Gasteiger partial charge on any atom is 0.274 e. The van der Waals surface area contributed by atoms with Crippen LogP contribution < -0.4 is 11.3 Å². The number of hydrogen-bond donors (Lipinski definition) is 1. The molecule has 0 radical (unpaired) electrons. The Morgan fingerprint density at radius 3 is 2.39 bits per heavy atom. The fourth-order valence-electron chi connectivity index (χ4n) is 5.30. The number of nitrogen functional groups attached to an aromatic ring is 1. The van der Waals surface area contributed by atoms with Crippen molar-refractivity contribution >= 4 is 38.0 Å². The molecule has 0 atom stereocenters. The molecule has 0 fully saturated rings. The van der Waals surface area contributed by atoms with Gasteiger partial charge in [-0.3, -0.25) is 4.79 Å². The monoisotopic (exact) mass is 404 g/mol. The molecule has 0 bridgehead atoms. The van der Waals surface area contributed by atoms with Crippen LogP contribution in [0.25, 0.3) is 32.3 Å². The highest BCUT2D eigenvalue weighted by Gasteiger charge is 2.18. The van der Waals surface area contributed by atoms with E-state index in [1.807, 2.05) is 10.6 Å². The Bertz CT molecular complexity index is 1540. The minimum atomic E-state index is -0.0653. The van der Waals surface area contributed by atoms with Crippen LogP contribution in [0.4, 0.5) is 5.69 Å². The molecule has 0 spiro atoms. The van der Waals surface area contributed by atoms with E-state index in [1.165, 1.54) is 44.3 Å². The average Bonchev–Trinajstić information content (AvgIpc) is 2.81. The van der Waals surface area contributed by atoms with Crippen LogP contribution >= 0.6 is 0 Å². The maximum absolute atomic E-state index is 13.0. The van der Waals surface area contributed by atoms with Gasteiger partial charge in [-0.25, -0.2) is 0 Å². The molecule has 0 aliphatic heterocycles. The molecule has 4 aromatic carbocycles. The quantitative estimate of drug-likeness (QED) is 0.377. The second-order valence-electron chi connectivity index (χ2n) is 8.63. The van der Waals surface area contributed by atoms with Gasteiger partial charge in [-0.1, -0.05) is 66.7 Å². The minimum Gasteiger partial charge on any atom is -0.394 e. The van der Waals surface area contributed by atoms with Crippen LogP contribution in [0.3, 0.4) is 0 Å². The number of hydrogen-bond acceptors (Lipinski definition) is 2. The highest BCUT2D eigenvalue weighted by molar-refractivity contribution is 6.17. The van der Waals surface area contributed by atoms with Gasteiger partial charge in [0.05, 0.1) is 12.2 Å². The summed E-state index contributed by atoms with van der Waals surface area (Å²) in [5, 5.41) is 7.47. The first kappa shape index (κ1) is 18.2. The number of fused-ring (bicyclic) bond motifs is 6. The first-order valence-corrected chi connectivity index (χ1v) is 11.0. The van der Waals surface area contributed by atoms with E-state index in [0.29, 0.717) is 12.2 Å². The molecule has 1 aromatic heterocycles. The van der Waals surface area contributed by atoms with Gasteiger partial charge in [-0.15, -0.1) is 0 Å². The van der Waals surface area contributed by atoms with Gasteiger partial charge < -0.3 is 10.3 Å². The summed E-state index contributed by atoms with van der Waals surface area (Å²) in [6, 6.07) is 25.7. The molecule has 2 N–H and O–H groups in total. The van der Waals surface area contributed by atoms with Gasteiger partial charge >= 0.3 is 0 Å². The Kier molecular flexibility index (Phi) is 4.10. The Hall–Kier alpha value is -3.59.